The lowest BCUT2D eigenvalue weighted by atomic mass is 9.99. The van der Waals surface area contributed by atoms with Crippen molar-refractivity contribution in [3.8, 4) is 0 Å². The van der Waals surface area contributed by atoms with Crippen molar-refractivity contribution in [3.63, 3.8) is 0 Å². The molecule has 15 heavy (non-hydrogen) atoms. The van der Waals surface area contributed by atoms with E-state index in [0.717, 1.165) is 6.54 Å². The normalized spacial score (nSPS) is 12.9. The van der Waals surface area contributed by atoms with Crippen molar-refractivity contribution in [2.45, 2.75) is 20.3 Å². The highest BCUT2D eigenvalue weighted by atomic mass is 19.2. The number of nitrogens with one attached hydrogen (secondary N) is 1. The minimum absolute atomic E-state index is 0.298. The Hall–Kier alpha value is -0.960. The first-order valence-corrected chi connectivity index (χ1v) is 5.14. The second kappa shape index (κ2) is 5.21. The van der Waals surface area contributed by atoms with Gasteiger partial charge in [-0.25, -0.2) is 8.78 Å². The number of hydrogen-bond donors (Lipinski definition) is 1. The van der Waals surface area contributed by atoms with E-state index in [0.29, 0.717) is 23.5 Å². The summed E-state index contributed by atoms with van der Waals surface area (Å²) in [6.07, 6.45) is 0.559. The van der Waals surface area contributed by atoms with Gasteiger partial charge >= 0.3 is 0 Å². The second-order valence-electron chi connectivity index (χ2n) is 4.04. The highest BCUT2D eigenvalue weighted by molar-refractivity contribution is 5.25. The van der Waals surface area contributed by atoms with Gasteiger partial charge in [-0.2, -0.15) is 0 Å². The third kappa shape index (κ3) is 2.99. The number of hydrogen-bond acceptors (Lipinski definition) is 1. The summed E-state index contributed by atoms with van der Waals surface area (Å²) < 4.78 is 26.7. The Bertz CT molecular complexity index is 337. The number of rotatable bonds is 4. The Kier molecular flexibility index (Phi) is 4.21. The van der Waals surface area contributed by atoms with Crippen molar-refractivity contribution in [2.75, 3.05) is 13.6 Å². The van der Waals surface area contributed by atoms with Crippen LogP contribution in [0.25, 0.3) is 0 Å². The van der Waals surface area contributed by atoms with Gasteiger partial charge in [-0.3, -0.25) is 0 Å². The quantitative estimate of drug-likeness (QED) is 0.810. The summed E-state index contributed by atoms with van der Waals surface area (Å²) in [5.74, 6) is -1.12. The molecule has 0 aromatic heterocycles. The maximum Gasteiger partial charge on any atom is 0.162 e. The Morgan fingerprint density at radius 3 is 2.53 bits per heavy atom. The van der Waals surface area contributed by atoms with E-state index in [1.165, 1.54) is 0 Å². The Labute approximate surface area is 89.5 Å². The minimum atomic E-state index is -0.718. The molecule has 0 radical (unpaired) electrons. The van der Waals surface area contributed by atoms with Crippen LogP contribution in [-0.4, -0.2) is 13.6 Å². The third-order valence-electron chi connectivity index (χ3n) is 2.48. The van der Waals surface area contributed by atoms with E-state index in [1.54, 1.807) is 19.1 Å². The summed E-state index contributed by atoms with van der Waals surface area (Å²) in [5.41, 5.74) is 0.818. The van der Waals surface area contributed by atoms with Crippen LogP contribution in [0.2, 0.25) is 0 Å². The minimum Gasteiger partial charge on any atom is -0.319 e. The van der Waals surface area contributed by atoms with Crippen LogP contribution in [0.15, 0.2) is 12.1 Å². The summed E-state index contributed by atoms with van der Waals surface area (Å²) in [7, 11) is 1.85. The van der Waals surface area contributed by atoms with E-state index in [1.807, 2.05) is 14.0 Å². The van der Waals surface area contributed by atoms with Crippen molar-refractivity contribution in [1.29, 1.82) is 0 Å². The van der Waals surface area contributed by atoms with E-state index >= 15 is 0 Å². The van der Waals surface area contributed by atoms with Crippen molar-refractivity contribution in [3.05, 3.63) is 34.9 Å². The zero-order valence-corrected chi connectivity index (χ0v) is 9.40. The summed E-state index contributed by atoms with van der Waals surface area (Å²) in [6, 6.07) is 3.29. The van der Waals surface area contributed by atoms with Gasteiger partial charge in [0.2, 0.25) is 0 Å². The lowest BCUT2D eigenvalue weighted by Gasteiger charge is -2.12. The van der Waals surface area contributed by atoms with E-state index in [2.05, 4.69) is 5.32 Å². The molecule has 0 heterocycles. The Morgan fingerprint density at radius 1 is 1.27 bits per heavy atom. The molecule has 1 atom stereocenters. The van der Waals surface area contributed by atoms with Gasteiger partial charge in [0, 0.05) is 0 Å². The molecule has 0 spiro atoms. The zero-order chi connectivity index (χ0) is 11.4. The molecule has 0 fully saturated rings. The van der Waals surface area contributed by atoms with Crippen LogP contribution in [0.3, 0.4) is 0 Å². The molecule has 1 aromatic carbocycles. The third-order valence-corrected chi connectivity index (χ3v) is 2.48. The summed E-state index contributed by atoms with van der Waals surface area (Å²) in [5, 5.41) is 3.02. The lowest BCUT2D eigenvalue weighted by Crippen LogP contribution is -2.18. The predicted molar refractivity (Wildman–Crippen MR) is 57.9 cm³/mol. The van der Waals surface area contributed by atoms with Gasteiger partial charge in [-0.05, 0) is 44.0 Å². The van der Waals surface area contributed by atoms with E-state index in [4.69, 9.17) is 0 Å². The largest absolute Gasteiger partial charge is 0.319 e. The van der Waals surface area contributed by atoms with Gasteiger partial charge in [0.15, 0.2) is 11.6 Å². The molecule has 1 unspecified atom stereocenters. The number of benzene rings is 1. The van der Waals surface area contributed by atoms with E-state index in [-0.39, 0.29) is 0 Å². The molecule has 0 aliphatic heterocycles. The van der Waals surface area contributed by atoms with Gasteiger partial charge in [0.1, 0.15) is 0 Å². The number of aryl methyl sites for hydroxylation is 1. The first kappa shape index (κ1) is 12.1. The highest BCUT2D eigenvalue weighted by Crippen LogP contribution is 2.18. The second-order valence-corrected chi connectivity index (χ2v) is 4.04. The van der Waals surface area contributed by atoms with Crippen molar-refractivity contribution < 1.29 is 8.78 Å². The van der Waals surface area contributed by atoms with Crippen molar-refractivity contribution in [1.82, 2.24) is 5.32 Å². The molecule has 0 saturated heterocycles. The van der Waals surface area contributed by atoms with E-state index < -0.39 is 11.6 Å². The molecule has 1 N–H and O–H groups in total. The van der Waals surface area contributed by atoms with Crippen LogP contribution in [0.1, 0.15) is 18.1 Å². The Morgan fingerprint density at radius 2 is 1.93 bits per heavy atom. The van der Waals surface area contributed by atoms with Crippen LogP contribution in [-0.2, 0) is 6.42 Å². The van der Waals surface area contributed by atoms with Crippen LogP contribution in [0, 0.1) is 24.5 Å². The standard InChI is InChI=1S/C12H17F2N/c1-8(7-15-3)6-10-5-4-9(2)11(13)12(10)14/h4-5,8,15H,6-7H2,1-3H3. The van der Waals surface area contributed by atoms with Gasteiger partial charge < -0.3 is 5.32 Å². The van der Waals surface area contributed by atoms with Crippen LogP contribution >= 0.6 is 0 Å². The van der Waals surface area contributed by atoms with E-state index in [9.17, 15) is 8.78 Å². The SMILES string of the molecule is CNCC(C)Cc1ccc(C)c(F)c1F. The maximum atomic E-state index is 13.5. The van der Waals surface area contributed by atoms with Crippen molar-refractivity contribution in [2.24, 2.45) is 5.92 Å². The zero-order valence-electron chi connectivity index (χ0n) is 9.40. The fourth-order valence-corrected chi connectivity index (χ4v) is 1.64. The van der Waals surface area contributed by atoms with Gasteiger partial charge in [0.25, 0.3) is 0 Å². The Balaban J connectivity index is 2.82. The molecule has 0 aliphatic rings. The fraction of sp³-hybridized carbons (Fsp3) is 0.500. The summed E-state index contributed by atoms with van der Waals surface area (Å²) in [6.45, 7) is 4.38. The van der Waals surface area contributed by atoms with Gasteiger partial charge in [-0.15, -0.1) is 0 Å². The topological polar surface area (TPSA) is 12.0 Å². The first-order chi connectivity index (χ1) is 7.06. The van der Waals surface area contributed by atoms with Crippen LogP contribution in [0.4, 0.5) is 8.78 Å². The summed E-state index contributed by atoms with van der Waals surface area (Å²) in [4.78, 5) is 0. The molecule has 84 valence electrons. The van der Waals surface area contributed by atoms with Crippen LogP contribution in [0.5, 0.6) is 0 Å². The molecular weight excluding hydrogens is 196 g/mol. The average Bonchev–Trinajstić information content (AvgIpc) is 2.20. The summed E-state index contributed by atoms with van der Waals surface area (Å²) >= 11 is 0. The maximum absolute atomic E-state index is 13.5. The number of halogens is 2. The predicted octanol–water partition coefficient (Wildman–Crippen LogP) is 2.67. The lowest BCUT2D eigenvalue weighted by molar-refractivity contribution is 0.474. The molecule has 0 aliphatic carbocycles. The van der Waals surface area contributed by atoms with Gasteiger partial charge in [-0.1, -0.05) is 19.1 Å². The molecule has 3 heteroatoms. The van der Waals surface area contributed by atoms with Crippen LogP contribution < -0.4 is 5.32 Å². The molecule has 0 saturated carbocycles. The average molecular weight is 213 g/mol. The molecular formula is C12H17F2N. The molecule has 0 amide bonds. The monoisotopic (exact) mass is 213 g/mol. The van der Waals surface area contributed by atoms with Crippen molar-refractivity contribution >= 4 is 0 Å². The molecule has 1 nitrogen and oxygen atoms in total. The molecule has 0 bridgehead atoms. The molecule has 1 aromatic rings. The smallest absolute Gasteiger partial charge is 0.162 e. The highest BCUT2D eigenvalue weighted by Gasteiger charge is 2.12. The fourth-order valence-electron chi connectivity index (χ4n) is 1.64. The van der Waals surface area contributed by atoms with Gasteiger partial charge in [0.05, 0.1) is 0 Å². The molecule has 1 rings (SSSR count). The first-order valence-electron chi connectivity index (χ1n) is 5.14.